The Morgan fingerprint density at radius 2 is 0.553 bits per heavy atom. The monoisotopic (exact) mass is 673 g/mol. The molecule has 0 aliphatic carbocycles. The number of hydrogen-bond donors (Lipinski definition) is 0. The van der Waals surface area contributed by atoms with Gasteiger partial charge in [0.05, 0.1) is 59.5 Å². The largest absolute Gasteiger partial charge is 0.463 e. The molecule has 0 fully saturated rings. The van der Waals surface area contributed by atoms with Gasteiger partial charge in [-0.2, -0.15) is 0 Å². The Hall–Kier alpha value is -0.730. The summed E-state index contributed by atoms with van der Waals surface area (Å²) in [5, 5.41) is 0. The van der Waals surface area contributed by atoms with E-state index < -0.39 is 0 Å². The fraction of sp³-hybridized carbons (Fsp3) is 0.975. The lowest BCUT2D eigenvalue weighted by Crippen LogP contribution is -2.15. The van der Waals surface area contributed by atoms with E-state index in [9.17, 15) is 4.79 Å². The lowest BCUT2D eigenvalue weighted by molar-refractivity contribution is -0.145. The first-order valence-corrected chi connectivity index (χ1v) is 20.4. The molecule has 0 rings (SSSR count). The maximum Gasteiger partial charge on any atom is 0.305 e. The summed E-state index contributed by atoms with van der Waals surface area (Å²) in [6.07, 6.45) is 33.8. The molecular formula is C40H80O7. The summed E-state index contributed by atoms with van der Waals surface area (Å²) < 4.78 is 33.0. The normalized spacial score (nSPS) is 11.4. The van der Waals surface area contributed by atoms with Crippen LogP contribution in [0.15, 0.2) is 0 Å². The van der Waals surface area contributed by atoms with Gasteiger partial charge in [0.1, 0.15) is 6.61 Å². The second-order valence-electron chi connectivity index (χ2n) is 13.2. The average Bonchev–Trinajstić information content (AvgIpc) is 3.08. The molecule has 7 heteroatoms. The Kier molecular flexibility index (Phi) is 42.6. The van der Waals surface area contributed by atoms with E-state index in [0.29, 0.717) is 72.5 Å². The molecule has 0 aromatic rings. The minimum atomic E-state index is -0.113. The molecule has 0 spiro atoms. The lowest BCUT2D eigenvalue weighted by Gasteiger charge is -2.08. The van der Waals surface area contributed by atoms with Crippen LogP contribution in [0.1, 0.15) is 181 Å². The zero-order chi connectivity index (χ0) is 34.0. The summed E-state index contributed by atoms with van der Waals surface area (Å²) in [7, 11) is 0. The van der Waals surface area contributed by atoms with Gasteiger partial charge in [0, 0.05) is 13.0 Å². The van der Waals surface area contributed by atoms with Crippen LogP contribution < -0.4 is 0 Å². The Morgan fingerprint density at radius 3 is 0.894 bits per heavy atom. The highest BCUT2D eigenvalue weighted by atomic mass is 16.6. The van der Waals surface area contributed by atoms with Crippen LogP contribution in [0.25, 0.3) is 0 Å². The standard InChI is InChI=1S/C40H80O7/c1-3-5-7-9-11-13-15-16-17-18-19-20-22-24-26-28-40(41)47-39-38-46-37-36-45-35-34-44-33-32-43-31-30-42-29-27-25-23-21-14-12-10-8-6-4-2/h3-39H2,1-2H3. The van der Waals surface area contributed by atoms with E-state index in [1.54, 1.807) is 0 Å². The minimum absolute atomic E-state index is 0.113. The Labute approximate surface area is 292 Å². The van der Waals surface area contributed by atoms with Gasteiger partial charge in [0.2, 0.25) is 0 Å². The Bertz CT molecular complexity index is 575. The van der Waals surface area contributed by atoms with Gasteiger partial charge >= 0.3 is 5.97 Å². The van der Waals surface area contributed by atoms with Crippen LogP contribution in [0, 0.1) is 0 Å². The third-order valence-corrected chi connectivity index (χ3v) is 8.61. The first-order valence-electron chi connectivity index (χ1n) is 20.4. The van der Waals surface area contributed by atoms with Gasteiger partial charge < -0.3 is 28.4 Å². The smallest absolute Gasteiger partial charge is 0.305 e. The van der Waals surface area contributed by atoms with Crippen LogP contribution in [0.4, 0.5) is 0 Å². The van der Waals surface area contributed by atoms with Crippen LogP contribution in [0.2, 0.25) is 0 Å². The minimum Gasteiger partial charge on any atom is -0.463 e. The SMILES string of the molecule is CCCCCCCCCCCCCCCCCC(=O)OCCOCCOCCOCCOCCOCCCCCCCCCCCC. The van der Waals surface area contributed by atoms with Gasteiger partial charge in [0.25, 0.3) is 0 Å². The maximum absolute atomic E-state index is 11.9. The highest BCUT2D eigenvalue weighted by Gasteiger charge is 2.03. The second kappa shape index (κ2) is 43.3. The predicted molar refractivity (Wildman–Crippen MR) is 196 cm³/mol. The molecule has 0 amide bonds. The van der Waals surface area contributed by atoms with Crippen molar-refractivity contribution in [1.82, 2.24) is 0 Å². The molecule has 0 aromatic carbocycles. The summed E-state index contributed by atoms with van der Waals surface area (Å²) >= 11 is 0. The fourth-order valence-corrected chi connectivity index (χ4v) is 5.60. The number of hydrogen-bond acceptors (Lipinski definition) is 7. The maximum atomic E-state index is 11.9. The summed E-state index contributed by atoms with van der Waals surface area (Å²) in [6, 6.07) is 0. The van der Waals surface area contributed by atoms with Crippen LogP contribution in [-0.4, -0.2) is 78.6 Å². The van der Waals surface area contributed by atoms with Gasteiger partial charge in [0.15, 0.2) is 0 Å². The first-order chi connectivity index (χ1) is 23.3. The van der Waals surface area contributed by atoms with Crippen molar-refractivity contribution in [3.8, 4) is 0 Å². The molecule has 0 aliphatic rings. The summed E-state index contributed by atoms with van der Waals surface area (Å²) in [6.45, 7) is 10.6. The molecule has 0 unspecified atom stereocenters. The highest BCUT2D eigenvalue weighted by Crippen LogP contribution is 2.14. The van der Waals surface area contributed by atoms with Gasteiger partial charge in [-0.05, 0) is 12.8 Å². The van der Waals surface area contributed by atoms with E-state index in [0.717, 1.165) is 25.9 Å². The highest BCUT2D eigenvalue weighted by molar-refractivity contribution is 5.69. The van der Waals surface area contributed by atoms with Crippen molar-refractivity contribution in [3.63, 3.8) is 0 Å². The van der Waals surface area contributed by atoms with Crippen molar-refractivity contribution in [3.05, 3.63) is 0 Å². The molecule has 0 bridgehead atoms. The van der Waals surface area contributed by atoms with Crippen molar-refractivity contribution in [1.29, 1.82) is 0 Å². The van der Waals surface area contributed by atoms with E-state index in [1.807, 2.05) is 0 Å². The second-order valence-corrected chi connectivity index (χ2v) is 13.2. The van der Waals surface area contributed by atoms with Crippen molar-refractivity contribution in [2.75, 3.05) is 72.7 Å². The third kappa shape index (κ3) is 43.2. The number of ether oxygens (including phenoxy) is 6. The molecule has 0 heterocycles. The molecule has 0 atom stereocenters. The summed E-state index contributed by atoms with van der Waals surface area (Å²) in [5.41, 5.74) is 0. The first kappa shape index (κ1) is 46.3. The molecule has 0 aromatic heterocycles. The molecule has 282 valence electrons. The van der Waals surface area contributed by atoms with Gasteiger partial charge in [-0.1, -0.05) is 162 Å². The number of carbonyl (C=O) groups excluding carboxylic acids is 1. The van der Waals surface area contributed by atoms with Crippen LogP contribution >= 0.6 is 0 Å². The van der Waals surface area contributed by atoms with Gasteiger partial charge in [-0.3, -0.25) is 4.79 Å². The lowest BCUT2D eigenvalue weighted by atomic mass is 10.0. The van der Waals surface area contributed by atoms with Crippen LogP contribution in [-0.2, 0) is 33.2 Å². The van der Waals surface area contributed by atoms with E-state index in [2.05, 4.69) is 13.8 Å². The number of esters is 1. The summed E-state index contributed by atoms with van der Waals surface area (Å²) in [4.78, 5) is 11.9. The predicted octanol–water partition coefficient (Wildman–Crippen LogP) is 10.8. The molecule has 0 aliphatic heterocycles. The third-order valence-electron chi connectivity index (χ3n) is 8.61. The molecule has 0 saturated carbocycles. The summed E-state index contributed by atoms with van der Waals surface area (Å²) in [5.74, 6) is -0.113. The Balaban J connectivity index is 3.13. The Morgan fingerprint density at radius 1 is 0.298 bits per heavy atom. The van der Waals surface area contributed by atoms with Crippen molar-refractivity contribution in [2.45, 2.75) is 181 Å². The van der Waals surface area contributed by atoms with Gasteiger partial charge in [-0.25, -0.2) is 0 Å². The topological polar surface area (TPSA) is 72.5 Å². The van der Waals surface area contributed by atoms with E-state index in [-0.39, 0.29) is 5.97 Å². The number of rotatable bonds is 42. The van der Waals surface area contributed by atoms with E-state index >= 15 is 0 Å². The number of unbranched alkanes of at least 4 members (excludes halogenated alkanes) is 23. The quantitative estimate of drug-likeness (QED) is 0.0472. The van der Waals surface area contributed by atoms with E-state index in [1.165, 1.54) is 141 Å². The van der Waals surface area contributed by atoms with Crippen molar-refractivity contribution < 1.29 is 33.2 Å². The molecular weight excluding hydrogens is 592 g/mol. The van der Waals surface area contributed by atoms with Crippen molar-refractivity contribution >= 4 is 5.97 Å². The fourth-order valence-electron chi connectivity index (χ4n) is 5.60. The van der Waals surface area contributed by atoms with Gasteiger partial charge in [-0.15, -0.1) is 0 Å². The number of carbonyl (C=O) groups is 1. The zero-order valence-corrected chi connectivity index (χ0v) is 31.5. The van der Waals surface area contributed by atoms with Crippen LogP contribution in [0.3, 0.4) is 0 Å². The molecule has 0 saturated heterocycles. The average molecular weight is 673 g/mol. The molecule has 47 heavy (non-hydrogen) atoms. The van der Waals surface area contributed by atoms with Crippen molar-refractivity contribution in [2.24, 2.45) is 0 Å². The molecule has 7 nitrogen and oxygen atoms in total. The van der Waals surface area contributed by atoms with Crippen LogP contribution in [0.5, 0.6) is 0 Å². The molecule has 0 N–H and O–H groups in total. The van der Waals surface area contributed by atoms with E-state index in [4.69, 9.17) is 28.4 Å². The zero-order valence-electron chi connectivity index (χ0n) is 31.5. The molecule has 0 radical (unpaired) electrons.